The standard InChI is InChI=1S/C13H24N2O2.ClH/c1-17-12-6-9-15(10-12)13(16)3-2-11-4-7-14-8-5-11;/h11-12,14H,2-10H2,1H3;1H/t12-;/m0./s1. The second-order valence-corrected chi connectivity index (χ2v) is 5.22. The number of hydrogen-bond donors (Lipinski definition) is 1. The fourth-order valence-corrected chi connectivity index (χ4v) is 2.80. The molecule has 0 bridgehead atoms. The van der Waals surface area contributed by atoms with Crippen LogP contribution in [0.2, 0.25) is 0 Å². The summed E-state index contributed by atoms with van der Waals surface area (Å²) in [6, 6.07) is 0. The van der Waals surface area contributed by atoms with Crippen LogP contribution in [0.3, 0.4) is 0 Å². The lowest BCUT2D eigenvalue weighted by Crippen LogP contribution is -2.31. The van der Waals surface area contributed by atoms with Crippen molar-refractivity contribution in [2.45, 2.75) is 38.2 Å². The van der Waals surface area contributed by atoms with Gasteiger partial charge in [0.15, 0.2) is 0 Å². The van der Waals surface area contributed by atoms with Gasteiger partial charge in [0, 0.05) is 26.6 Å². The molecular formula is C13H25ClN2O2. The summed E-state index contributed by atoms with van der Waals surface area (Å²) in [6.07, 6.45) is 5.51. The minimum atomic E-state index is 0. The Labute approximate surface area is 116 Å². The van der Waals surface area contributed by atoms with Crippen molar-refractivity contribution >= 4 is 18.3 Å². The lowest BCUT2D eigenvalue weighted by atomic mass is 9.93. The van der Waals surface area contributed by atoms with E-state index in [0.717, 1.165) is 51.4 Å². The van der Waals surface area contributed by atoms with E-state index in [2.05, 4.69) is 5.32 Å². The van der Waals surface area contributed by atoms with Crippen molar-refractivity contribution in [2.24, 2.45) is 5.92 Å². The molecule has 1 N–H and O–H groups in total. The van der Waals surface area contributed by atoms with Crippen LogP contribution in [0.1, 0.15) is 32.1 Å². The van der Waals surface area contributed by atoms with Gasteiger partial charge in [-0.2, -0.15) is 0 Å². The van der Waals surface area contributed by atoms with Crippen molar-refractivity contribution in [1.29, 1.82) is 0 Å². The maximum atomic E-state index is 12.0. The Morgan fingerprint density at radius 3 is 2.67 bits per heavy atom. The Kier molecular flexibility index (Phi) is 6.97. The lowest BCUT2D eigenvalue weighted by Gasteiger charge is -2.23. The van der Waals surface area contributed by atoms with E-state index >= 15 is 0 Å². The summed E-state index contributed by atoms with van der Waals surface area (Å²) >= 11 is 0. The van der Waals surface area contributed by atoms with Crippen LogP contribution in [0.5, 0.6) is 0 Å². The van der Waals surface area contributed by atoms with Gasteiger partial charge in [-0.1, -0.05) is 0 Å². The molecule has 2 aliphatic heterocycles. The number of rotatable bonds is 4. The number of piperidine rings is 1. The smallest absolute Gasteiger partial charge is 0.222 e. The van der Waals surface area contributed by atoms with Crippen LogP contribution in [-0.2, 0) is 9.53 Å². The molecule has 4 nitrogen and oxygen atoms in total. The predicted octanol–water partition coefficient (Wildman–Crippen LogP) is 1.44. The van der Waals surface area contributed by atoms with Gasteiger partial charge in [-0.3, -0.25) is 4.79 Å². The number of amides is 1. The van der Waals surface area contributed by atoms with Gasteiger partial charge in [-0.15, -0.1) is 12.4 Å². The topological polar surface area (TPSA) is 41.6 Å². The summed E-state index contributed by atoms with van der Waals surface area (Å²) in [5, 5.41) is 3.36. The average Bonchev–Trinajstić information content (AvgIpc) is 2.86. The summed E-state index contributed by atoms with van der Waals surface area (Å²) in [5.41, 5.74) is 0. The van der Waals surface area contributed by atoms with Crippen molar-refractivity contribution in [1.82, 2.24) is 10.2 Å². The number of ether oxygens (including phenoxy) is 1. The van der Waals surface area contributed by atoms with E-state index in [1.165, 1.54) is 12.8 Å². The van der Waals surface area contributed by atoms with Crippen molar-refractivity contribution in [3.63, 3.8) is 0 Å². The van der Waals surface area contributed by atoms with E-state index in [0.29, 0.717) is 5.91 Å². The molecule has 0 radical (unpaired) electrons. The third-order valence-corrected chi connectivity index (χ3v) is 4.06. The molecule has 0 aromatic carbocycles. The van der Waals surface area contributed by atoms with Gasteiger partial charge < -0.3 is 15.0 Å². The van der Waals surface area contributed by atoms with E-state index in [9.17, 15) is 4.79 Å². The predicted molar refractivity (Wildman–Crippen MR) is 74.1 cm³/mol. The van der Waals surface area contributed by atoms with Crippen LogP contribution in [0.15, 0.2) is 0 Å². The molecule has 5 heteroatoms. The second-order valence-electron chi connectivity index (χ2n) is 5.22. The molecule has 2 aliphatic rings. The molecule has 0 spiro atoms. The molecule has 0 aromatic heterocycles. The number of likely N-dealkylation sites (tertiary alicyclic amines) is 1. The van der Waals surface area contributed by atoms with Crippen LogP contribution in [0, 0.1) is 5.92 Å². The highest BCUT2D eigenvalue weighted by atomic mass is 35.5. The normalized spacial score (nSPS) is 24.9. The van der Waals surface area contributed by atoms with Crippen LogP contribution in [0.4, 0.5) is 0 Å². The molecule has 0 unspecified atom stereocenters. The largest absolute Gasteiger partial charge is 0.380 e. The van der Waals surface area contributed by atoms with E-state index < -0.39 is 0 Å². The Hall–Kier alpha value is -0.320. The lowest BCUT2D eigenvalue weighted by molar-refractivity contribution is -0.130. The number of halogens is 1. The number of nitrogens with zero attached hydrogens (tertiary/aromatic N) is 1. The molecule has 18 heavy (non-hydrogen) atoms. The van der Waals surface area contributed by atoms with Gasteiger partial charge in [0.1, 0.15) is 0 Å². The number of carbonyl (C=O) groups is 1. The van der Waals surface area contributed by atoms with E-state index in [1.54, 1.807) is 7.11 Å². The van der Waals surface area contributed by atoms with Crippen molar-refractivity contribution in [2.75, 3.05) is 33.3 Å². The van der Waals surface area contributed by atoms with Gasteiger partial charge >= 0.3 is 0 Å². The summed E-state index contributed by atoms with van der Waals surface area (Å²) in [4.78, 5) is 14.0. The zero-order valence-corrected chi connectivity index (χ0v) is 12.0. The molecule has 0 aliphatic carbocycles. The van der Waals surface area contributed by atoms with Crippen LogP contribution < -0.4 is 5.32 Å². The van der Waals surface area contributed by atoms with E-state index in [4.69, 9.17) is 4.74 Å². The number of methoxy groups -OCH3 is 1. The zero-order chi connectivity index (χ0) is 12.1. The molecule has 2 rings (SSSR count). The minimum Gasteiger partial charge on any atom is -0.380 e. The number of hydrogen-bond acceptors (Lipinski definition) is 3. The zero-order valence-electron chi connectivity index (χ0n) is 11.2. The van der Waals surface area contributed by atoms with E-state index in [-0.39, 0.29) is 18.5 Å². The molecule has 2 fully saturated rings. The first-order valence-electron chi connectivity index (χ1n) is 6.81. The Morgan fingerprint density at radius 2 is 2.06 bits per heavy atom. The number of nitrogens with one attached hydrogen (secondary N) is 1. The Balaban J connectivity index is 0.00000162. The first-order chi connectivity index (χ1) is 8.29. The van der Waals surface area contributed by atoms with Gasteiger partial charge in [0.2, 0.25) is 5.91 Å². The summed E-state index contributed by atoms with van der Waals surface area (Å²) in [7, 11) is 1.73. The fourth-order valence-electron chi connectivity index (χ4n) is 2.80. The fraction of sp³-hybridized carbons (Fsp3) is 0.923. The Morgan fingerprint density at radius 1 is 1.33 bits per heavy atom. The van der Waals surface area contributed by atoms with Gasteiger partial charge in [-0.05, 0) is 44.7 Å². The molecule has 1 atom stereocenters. The molecule has 106 valence electrons. The van der Waals surface area contributed by atoms with Crippen LogP contribution in [0.25, 0.3) is 0 Å². The molecule has 0 aromatic rings. The molecule has 0 saturated carbocycles. The SMILES string of the molecule is CO[C@H]1CCN(C(=O)CCC2CCNCC2)C1.Cl. The summed E-state index contributed by atoms with van der Waals surface area (Å²) < 4.78 is 5.28. The first kappa shape index (κ1) is 15.7. The third-order valence-electron chi connectivity index (χ3n) is 4.06. The highest BCUT2D eigenvalue weighted by Crippen LogP contribution is 2.20. The Bertz CT molecular complexity index is 257. The van der Waals surface area contributed by atoms with Gasteiger partial charge in [0.05, 0.1) is 6.10 Å². The van der Waals surface area contributed by atoms with Gasteiger partial charge in [-0.25, -0.2) is 0 Å². The molecular weight excluding hydrogens is 252 g/mol. The van der Waals surface area contributed by atoms with Crippen molar-refractivity contribution in [3.05, 3.63) is 0 Å². The first-order valence-corrected chi connectivity index (χ1v) is 6.81. The average molecular weight is 277 g/mol. The summed E-state index contributed by atoms with van der Waals surface area (Å²) in [6.45, 7) is 3.91. The quantitative estimate of drug-likeness (QED) is 0.845. The molecule has 2 saturated heterocycles. The van der Waals surface area contributed by atoms with Crippen molar-refractivity contribution in [3.8, 4) is 0 Å². The third kappa shape index (κ3) is 4.41. The maximum absolute atomic E-state index is 12.0. The van der Waals surface area contributed by atoms with Crippen LogP contribution in [-0.4, -0.2) is 50.2 Å². The van der Waals surface area contributed by atoms with Gasteiger partial charge in [0.25, 0.3) is 0 Å². The highest BCUT2D eigenvalue weighted by molar-refractivity contribution is 5.85. The maximum Gasteiger partial charge on any atom is 0.222 e. The molecule has 1 amide bonds. The monoisotopic (exact) mass is 276 g/mol. The van der Waals surface area contributed by atoms with E-state index in [1.807, 2.05) is 4.90 Å². The second kappa shape index (κ2) is 7.97. The highest BCUT2D eigenvalue weighted by Gasteiger charge is 2.26. The van der Waals surface area contributed by atoms with Crippen LogP contribution >= 0.6 is 12.4 Å². The number of carbonyl (C=O) groups excluding carboxylic acids is 1. The molecule has 2 heterocycles. The van der Waals surface area contributed by atoms with Crippen molar-refractivity contribution < 1.29 is 9.53 Å². The summed E-state index contributed by atoms with van der Waals surface area (Å²) in [5.74, 6) is 1.07. The minimum absolute atomic E-state index is 0.